The molecule has 10 heteroatoms. The second-order valence-corrected chi connectivity index (χ2v) is 12.3. The van der Waals surface area contributed by atoms with E-state index in [4.69, 9.17) is 4.52 Å². The van der Waals surface area contributed by atoms with Gasteiger partial charge in [0.1, 0.15) is 6.10 Å². The van der Waals surface area contributed by atoms with E-state index in [9.17, 15) is 18.3 Å². The Hall–Kier alpha value is -3.89. The first-order valence-electron chi connectivity index (χ1n) is 13.2. The summed E-state index contributed by atoms with van der Waals surface area (Å²) < 4.78 is 60.7. The molecule has 1 fully saturated rings. The van der Waals surface area contributed by atoms with Crippen molar-refractivity contribution in [2.45, 2.75) is 50.0 Å². The number of aliphatic hydroxyl groups is 1. The van der Waals surface area contributed by atoms with Gasteiger partial charge < -0.3 is 9.63 Å². The van der Waals surface area contributed by atoms with Crippen LogP contribution in [-0.2, 0) is 26.7 Å². The Morgan fingerprint density at radius 1 is 1.00 bits per heavy atom. The van der Waals surface area contributed by atoms with Gasteiger partial charge in [0.05, 0.1) is 22.9 Å². The van der Waals surface area contributed by atoms with Crippen molar-refractivity contribution in [3.63, 3.8) is 0 Å². The maximum Gasteiger partial charge on any atom is 0.278 e. The number of hydrogen-bond acceptors (Lipinski definition) is 6. The van der Waals surface area contributed by atoms with Gasteiger partial charge in [-0.15, -0.1) is 0 Å². The summed E-state index contributed by atoms with van der Waals surface area (Å²) in [6.45, 7) is 1.53. The normalized spacial score (nSPS) is 15.3. The summed E-state index contributed by atoms with van der Waals surface area (Å²) in [7, 11) is -3.65. The maximum atomic E-state index is 15.1. The van der Waals surface area contributed by atoms with Crippen molar-refractivity contribution in [2.24, 2.45) is 0 Å². The summed E-state index contributed by atoms with van der Waals surface area (Å²) in [6.07, 6.45) is -0.420. The van der Waals surface area contributed by atoms with Gasteiger partial charge in [0.15, 0.2) is 5.76 Å². The molecule has 41 heavy (non-hydrogen) atoms. The highest BCUT2D eigenvalue weighted by atomic mass is 32.2. The third-order valence-corrected chi connectivity index (χ3v) is 8.11. The number of rotatable bonds is 10. The minimum atomic E-state index is -3.65. The number of aliphatic hydroxyl groups excluding tert-OH is 1. The maximum absolute atomic E-state index is 15.1. The van der Waals surface area contributed by atoms with Gasteiger partial charge >= 0.3 is 0 Å². The number of nitrogens with one attached hydrogen (secondary N) is 1. The van der Waals surface area contributed by atoms with E-state index in [1.54, 1.807) is 48.5 Å². The third kappa shape index (κ3) is 6.08. The summed E-state index contributed by atoms with van der Waals surface area (Å²) in [5, 5.41) is 14.6. The molecule has 1 aliphatic carbocycles. The number of aryl methyl sites for hydroxylation is 2. The predicted octanol–water partition coefficient (Wildman–Crippen LogP) is 5.73. The molecule has 2 N–H and O–H groups in total. The van der Waals surface area contributed by atoms with E-state index in [1.165, 1.54) is 6.92 Å². The van der Waals surface area contributed by atoms with Gasteiger partial charge in [0.2, 0.25) is 15.9 Å². The molecule has 5 rings (SSSR count). The summed E-state index contributed by atoms with van der Waals surface area (Å²) in [5.41, 5.74) is 2.99. The Kier molecular flexibility index (Phi) is 7.56. The second kappa shape index (κ2) is 10.8. The van der Waals surface area contributed by atoms with Crippen LogP contribution in [0.5, 0.6) is 0 Å². The lowest BCUT2D eigenvalue weighted by atomic mass is 9.92. The van der Waals surface area contributed by atoms with E-state index in [0.29, 0.717) is 18.4 Å². The molecule has 0 aliphatic heterocycles. The van der Waals surface area contributed by atoms with Crippen LogP contribution in [0.2, 0.25) is 0 Å². The molecule has 1 unspecified atom stereocenters. The number of benzene rings is 3. The van der Waals surface area contributed by atoms with Crippen LogP contribution >= 0.6 is 0 Å². The Labute approximate surface area is 237 Å². The number of nitrogens with zero attached hydrogens (tertiary/aromatic N) is 1. The van der Waals surface area contributed by atoms with Crippen LogP contribution in [0, 0.1) is 6.92 Å². The molecule has 7 nitrogen and oxygen atoms in total. The van der Waals surface area contributed by atoms with Crippen LogP contribution in [-0.4, -0.2) is 36.8 Å². The molecule has 0 spiro atoms. The van der Waals surface area contributed by atoms with E-state index in [0.717, 1.165) is 28.5 Å². The van der Waals surface area contributed by atoms with Gasteiger partial charge in [-0.25, -0.2) is 17.2 Å². The second-order valence-electron chi connectivity index (χ2n) is 10.6. The van der Waals surface area contributed by atoms with Gasteiger partial charge in [-0.3, -0.25) is 9.52 Å². The summed E-state index contributed by atoms with van der Waals surface area (Å²) in [6, 6.07) is 23.3. The van der Waals surface area contributed by atoms with Crippen molar-refractivity contribution < 1.29 is 31.6 Å². The predicted molar refractivity (Wildman–Crippen MR) is 151 cm³/mol. The molecule has 0 saturated heterocycles. The zero-order chi connectivity index (χ0) is 29.4. The topological polar surface area (TPSA) is 110 Å². The Morgan fingerprint density at radius 2 is 1.56 bits per heavy atom. The minimum absolute atomic E-state index is 0.0396. The molecule has 1 atom stereocenters. The van der Waals surface area contributed by atoms with Crippen LogP contribution in [0.4, 0.5) is 8.78 Å². The summed E-state index contributed by atoms with van der Waals surface area (Å²) in [4.78, 5) is 12.5. The molecule has 3 aromatic carbocycles. The van der Waals surface area contributed by atoms with Crippen molar-refractivity contribution in [1.82, 2.24) is 9.88 Å². The Balaban J connectivity index is 1.33. The van der Waals surface area contributed by atoms with Crippen molar-refractivity contribution in [2.75, 3.05) is 6.26 Å². The quantitative estimate of drug-likeness (QED) is 0.248. The number of hydrogen-bond donors (Lipinski definition) is 2. The van der Waals surface area contributed by atoms with Crippen LogP contribution in [0.15, 0.2) is 83.4 Å². The van der Waals surface area contributed by atoms with Crippen molar-refractivity contribution in [1.29, 1.82) is 0 Å². The fourth-order valence-electron chi connectivity index (χ4n) is 5.04. The Bertz CT molecular complexity index is 1650. The number of aromatic nitrogens is 1. The highest BCUT2D eigenvalue weighted by Crippen LogP contribution is 2.49. The van der Waals surface area contributed by atoms with Gasteiger partial charge in [0.25, 0.3) is 5.92 Å². The van der Waals surface area contributed by atoms with Crippen molar-refractivity contribution >= 4 is 15.9 Å². The first-order valence-corrected chi connectivity index (χ1v) is 15.1. The van der Waals surface area contributed by atoms with E-state index in [2.05, 4.69) is 9.88 Å². The van der Waals surface area contributed by atoms with Crippen molar-refractivity contribution in [3.8, 4) is 22.5 Å². The highest BCUT2D eigenvalue weighted by Gasteiger charge is 2.52. The summed E-state index contributed by atoms with van der Waals surface area (Å²) in [5.74, 6) is -3.84. The van der Waals surface area contributed by atoms with Gasteiger partial charge in [-0.2, -0.15) is 0 Å². The van der Waals surface area contributed by atoms with E-state index in [1.807, 2.05) is 30.3 Å². The van der Waals surface area contributed by atoms with Gasteiger partial charge in [0, 0.05) is 12.0 Å². The molecule has 1 amide bonds. The average Bonchev–Trinajstić information content (AvgIpc) is 3.68. The fraction of sp³-hybridized carbons (Fsp3) is 0.290. The zero-order valence-electron chi connectivity index (χ0n) is 22.6. The van der Waals surface area contributed by atoms with Crippen LogP contribution in [0.3, 0.4) is 0 Å². The smallest absolute Gasteiger partial charge is 0.278 e. The van der Waals surface area contributed by atoms with E-state index < -0.39 is 39.8 Å². The van der Waals surface area contributed by atoms with Crippen LogP contribution in [0.1, 0.15) is 47.8 Å². The van der Waals surface area contributed by atoms with E-state index >= 15 is 8.78 Å². The van der Waals surface area contributed by atoms with Gasteiger partial charge in [-0.1, -0.05) is 84.0 Å². The average molecular weight is 581 g/mol. The molecule has 1 aromatic heterocycles. The summed E-state index contributed by atoms with van der Waals surface area (Å²) >= 11 is 0. The fourth-order valence-corrected chi connectivity index (χ4v) is 5.58. The van der Waals surface area contributed by atoms with Gasteiger partial charge in [-0.05, 0) is 48.4 Å². The first kappa shape index (κ1) is 28.6. The number of sulfonamides is 1. The molecule has 1 heterocycles. The molecule has 0 radical (unpaired) electrons. The Morgan fingerprint density at radius 3 is 2.12 bits per heavy atom. The number of halogens is 2. The lowest BCUT2D eigenvalue weighted by Crippen LogP contribution is -2.38. The highest BCUT2D eigenvalue weighted by molar-refractivity contribution is 7.89. The monoisotopic (exact) mass is 580 g/mol. The first-order chi connectivity index (χ1) is 19.4. The SMILES string of the molecule is Cc1noc(-c2ccc(-c3ccc(C4(C(=O)NS(C)(=O)=O)CC4)cc3)cc2)c1C(O)C(F)(F)CCc1ccccc1. The molecular formula is C31H30F2N2O5S. The zero-order valence-corrected chi connectivity index (χ0v) is 23.4. The van der Waals surface area contributed by atoms with Crippen LogP contribution < -0.4 is 4.72 Å². The number of amides is 1. The largest absolute Gasteiger partial charge is 0.382 e. The third-order valence-electron chi connectivity index (χ3n) is 7.55. The number of carbonyl (C=O) groups is 1. The van der Waals surface area contributed by atoms with E-state index in [-0.39, 0.29) is 23.4 Å². The standard InChI is InChI=1S/C31H30F2N2O5S/c1-20-26(28(36)31(32,33)17-16-21-6-4-3-5-7-21)27(40-34-20)24-10-8-22(9-11-24)23-12-14-25(15-13-23)30(18-19-30)29(37)35-41(2,38)39/h3-15,28,36H,16-19H2,1-2H3,(H,35,37). The van der Waals surface area contributed by atoms with Crippen molar-refractivity contribution in [3.05, 3.63) is 101 Å². The number of alkyl halides is 2. The molecular weight excluding hydrogens is 550 g/mol. The lowest BCUT2D eigenvalue weighted by Gasteiger charge is -2.23. The molecule has 4 aromatic rings. The molecule has 1 aliphatic rings. The molecule has 214 valence electrons. The van der Waals surface area contributed by atoms with Crippen LogP contribution in [0.25, 0.3) is 22.5 Å². The minimum Gasteiger partial charge on any atom is -0.382 e. The molecule has 1 saturated carbocycles. The number of carbonyl (C=O) groups excluding carboxylic acids is 1. The lowest BCUT2D eigenvalue weighted by molar-refractivity contribution is -0.121. The molecule has 0 bridgehead atoms.